The largest absolute Gasteiger partial charge is 0.342 e. The molecule has 1 saturated heterocycles. The maximum atomic E-state index is 12.7. The number of benzene rings is 1. The van der Waals surface area contributed by atoms with Crippen molar-refractivity contribution in [2.75, 3.05) is 19.6 Å². The summed E-state index contributed by atoms with van der Waals surface area (Å²) in [4.78, 5) is 37.1. The third kappa shape index (κ3) is 3.31. The van der Waals surface area contributed by atoms with Gasteiger partial charge in [-0.3, -0.25) is 9.59 Å². The molecule has 0 N–H and O–H groups in total. The molecule has 134 valence electrons. The van der Waals surface area contributed by atoms with Crippen LogP contribution in [0.3, 0.4) is 0 Å². The number of fused-ring (bicyclic) bond motifs is 1. The van der Waals surface area contributed by atoms with Gasteiger partial charge in [0.15, 0.2) is 0 Å². The average Bonchev–Trinajstić information content (AvgIpc) is 3.03. The smallest absolute Gasteiger partial charge is 0.254 e. The van der Waals surface area contributed by atoms with Crippen molar-refractivity contribution >= 4 is 11.8 Å². The predicted octanol–water partition coefficient (Wildman–Crippen LogP) is 2.23. The van der Waals surface area contributed by atoms with Crippen LogP contribution in [0.15, 0.2) is 42.9 Å². The topological polar surface area (TPSA) is 66.4 Å². The minimum Gasteiger partial charge on any atom is -0.342 e. The van der Waals surface area contributed by atoms with Gasteiger partial charge < -0.3 is 9.80 Å². The Balaban J connectivity index is 1.33. The zero-order chi connectivity index (χ0) is 17.9. The van der Waals surface area contributed by atoms with Crippen molar-refractivity contribution < 1.29 is 9.59 Å². The van der Waals surface area contributed by atoms with Gasteiger partial charge in [-0.25, -0.2) is 9.97 Å². The van der Waals surface area contributed by atoms with Crippen molar-refractivity contribution in [3.63, 3.8) is 0 Å². The molecule has 2 aromatic rings. The van der Waals surface area contributed by atoms with Crippen molar-refractivity contribution in [3.8, 4) is 0 Å². The summed E-state index contributed by atoms with van der Waals surface area (Å²) in [5.74, 6) is 0.423. The Hall–Kier alpha value is -2.76. The van der Waals surface area contributed by atoms with Crippen LogP contribution in [0, 0.1) is 0 Å². The zero-order valence-electron chi connectivity index (χ0n) is 14.7. The van der Waals surface area contributed by atoms with Crippen molar-refractivity contribution in [1.82, 2.24) is 19.8 Å². The minimum absolute atomic E-state index is 0.0332. The molecule has 1 atom stereocenters. The fourth-order valence-corrected chi connectivity index (χ4v) is 3.87. The van der Waals surface area contributed by atoms with E-state index in [2.05, 4.69) is 9.97 Å². The van der Waals surface area contributed by atoms with Gasteiger partial charge in [-0.15, -0.1) is 0 Å². The van der Waals surface area contributed by atoms with E-state index >= 15 is 0 Å². The van der Waals surface area contributed by atoms with Crippen LogP contribution in [0.2, 0.25) is 0 Å². The molecule has 2 aliphatic rings. The van der Waals surface area contributed by atoms with Crippen LogP contribution in [0.1, 0.15) is 46.8 Å². The number of amides is 2. The van der Waals surface area contributed by atoms with E-state index in [4.69, 9.17) is 0 Å². The fraction of sp³-hybridized carbons (Fsp3) is 0.400. The van der Waals surface area contributed by atoms with Crippen LogP contribution in [-0.4, -0.2) is 51.2 Å². The SMILES string of the molecule is O=C(CCN1Cc2ccccc2C1=O)N1CCC[C@H](c2ccncn2)C1. The number of rotatable bonds is 4. The molecule has 3 heterocycles. The van der Waals surface area contributed by atoms with Gasteiger partial charge in [0.25, 0.3) is 5.91 Å². The summed E-state index contributed by atoms with van der Waals surface area (Å²) >= 11 is 0. The number of carbonyl (C=O) groups is 2. The second kappa shape index (κ2) is 7.23. The highest BCUT2D eigenvalue weighted by Crippen LogP contribution is 2.26. The first-order valence-electron chi connectivity index (χ1n) is 9.13. The van der Waals surface area contributed by atoms with Crippen molar-refractivity contribution in [2.45, 2.75) is 31.7 Å². The predicted molar refractivity (Wildman–Crippen MR) is 96.4 cm³/mol. The highest BCUT2D eigenvalue weighted by Gasteiger charge is 2.29. The molecule has 1 aromatic heterocycles. The molecule has 6 nitrogen and oxygen atoms in total. The Kier molecular flexibility index (Phi) is 4.65. The summed E-state index contributed by atoms with van der Waals surface area (Å²) in [5.41, 5.74) is 2.82. The molecule has 0 radical (unpaired) electrons. The second-order valence-electron chi connectivity index (χ2n) is 6.95. The van der Waals surface area contributed by atoms with Crippen LogP contribution >= 0.6 is 0 Å². The van der Waals surface area contributed by atoms with Crippen LogP contribution in [0.25, 0.3) is 0 Å². The zero-order valence-corrected chi connectivity index (χ0v) is 14.7. The average molecular weight is 350 g/mol. The molecule has 2 aliphatic heterocycles. The summed E-state index contributed by atoms with van der Waals surface area (Å²) in [6.07, 6.45) is 5.71. The molecule has 6 heteroatoms. The lowest BCUT2D eigenvalue weighted by Gasteiger charge is -2.33. The molecular formula is C20H22N4O2. The molecule has 0 saturated carbocycles. The molecular weight excluding hydrogens is 328 g/mol. The molecule has 4 rings (SSSR count). The highest BCUT2D eigenvalue weighted by atomic mass is 16.2. The van der Waals surface area contributed by atoms with Gasteiger partial charge in [-0.1, -0.05) is 18.2 Å². The third-order valence-corrected chi connectivity index (χ3v) is 5.29. The van der Waals surface area contributed by atoms with Gasteiger partial charge in [0.1, 0.15) is 6.33 Å². The maximum absolute atomic E-state index is 12.7. The minimum atomic E-state index is 0.0332. The van der Waals surface area contributed by atoms with Crippen molar-refractivity contribution in [1.29, 1.82) is 0 Å². The van der Waals surface area contributed by atoms with Crippen molar-refractivity contribution in [3.05, 3.63) is 59.7 Å². The number of hydrogen-bond acceptors (Lipinski definition) is 4. The summed E-state index contributed by atoms with van der Waals surface area (Å²) in [7, 11) is 0. The Morgan fingerprint density at radius 2 is 2.12 bits per heavy atom. The van der Waals surface area contributed by atoms with Crippen LogP contribution in [0.4, 0.5) is 0 Å². The summed E-state index contributed by atoms with van der Waals surface area (Å²) in [6.45, 7) is 2.56. The standard InChI is InChI=1S/C20H22N4O2/c25-19(8-11-24-12-15-4-1-2-6-17(15)20(24)26)23-10-3-5-16(13-23)18-7-9-21-14-22-18/h1-2,4,6-7,9,14,16H,3,5,8,10-13H2/t16-/m0/s1. The summed E-state index contributed by atoms with van der Waals surface area (Å²) < 4.78 is 0. The molecule has 26 heavy (non-hydrogen) atoms. The van der Waals surface area contributed by atoms with Crippen LogP contribution in [0.5, 0.6) is 0 Å². The molecule has 0 aliphatic carbocycles. The maximum Gasteiger partial charge on any atom is 0.254 e. The number of carbonyl (C=O) groups excluding carboxylic acids is 2. The van der Waals surface area contributed by atoms with Crippen molar-refractivity contribution in [2.24, 2.45) is 0 Å². The number of likely N-dealkylation sites (tertiary alicyclic amines) is 1. The molecule has 1 fully saturated rings. The molecule has 0 unspecified atom stereocenters. The lowest BCUT2D eigenvalue weighted by atomic mass is 9.94. The summed E-state index contributed by atoms with van der Waals surface area (Å²) in [5, 5.41) is 0. The first-order valence-corrected chi connectivity index (χ1v) is 9.13. The van der Waals surface area contributed by atoms with Gasteiger partial charge >= 0.3 is 0 Å². The van der Waals surface area contributed by atoms with E-state index < -0.39 is 0 Å². The number of nitrogens with zero attached hydrogens (tertiary/aromatic N) is 4. The number of aromatic nitrogens is 2. The van der Waals surface area contributed by atoms with E-state index in [1.165, 1.54) is 0 Å². The van der Waals surface area contributed by atoms with E-state index in [9.17, 15) is 9.59 Å². The fourth-order valence-electron chi connectivity index (χ4n) is 3.87. The van der Waals surface area contributed by atoms with Gasteiger partial charge in [-0.05, 0) is 30.5 Å². The van der Waals surface area contributed by atoms with E-state index in [0.717, 1.165) is 36.2 Å². The number of piperidine rings is 1. The van der Waals surface area contributed by atoms with Gasteiger partial charge in [0.2, 0.25) is 5.91 Å². The quantitative estimate of drug-likeness (QED) is 0.848. The second-order valence-corrected chi connectivity index (χ2v) is 6.95. The Labute approximate surface area is 152 Å². The van der Waals surface area contributed by atoms with Crippen LogP contribution in [-0.2, 0) is 11.3 Å². The van der Waals surface area contributed by atoms with E-state index in [-0.39, 0.29) is 17.7 Å². The van der Waals surface area contributed by atoms with E-state index in [1.54, 1.807) is 17.4 Å². The Morgan fingerprint density at radius 1 is 1.23 bits per heavy atom. The van der Waals surface area contributed by atoms with Gasteiger partial charge in [0.05, 0.1) is 0 Å². The van der Waals surface area contributed by atoms with Crippen LogP contribution < -0.4 is 0 Å². The molecule has 2 amide bonds. The molecule has 1 aromatic carbocycles. The normalized spacial score (nSPS) is 19.5. The summed E-state index contributed by atoms with van der Waals surface area (Å²) in [6, 6.07) is 9.59. The first-order chi connectivity index (χ1) is 12.7. The van der Waals surface area contributed by atoms with E-state index in [0.29, 0.717) is 26.1 Å². The Morgan fingerprint density at radius 3 is 2.92 bits per heavy atom. The lowest BCUT2D eigenvalue weighted by Crippen LogP contribution is -2.40. The first kappa shape index (κ1) is 16.7. The lowest BCUT2D eigenvalue weighted by molar-refractivity contribution is -0.132. The number of hydrogen-bond donors (Lipinski definition) is 0. The third-order valence-electron chi connectivity index (χ3n) is 5.29. The Bertz CT molecular complexity index is 808. The van der Waals surface area contributed by atoms with E-state index in [1.807, 2.05) is 35.2 Å². The molecule has 0 bridgehead atoms. The molecule has 0 spiro atoms. The monoisotopic (exact) mass is 350 g/mol. The van der Waals surface area contributed by atoms with Gasteiger partial charge in [-0.2, -0.15) is 0 Å². The highest BCUT2D eigenvalue weighted by molar-refractivity contribution is 5.98. The van der Waals surface area contributed by atoms with Gasteiger partial charge in [0, 0.05) is 56.0 Å².